The van der Waals surface area contributed by atoms with Gasteiger partial charge in [0.1, 0.15) is 11.6 Å². The van der Waals surface area contributed by atoms with Crippen LogP contribution < -0.4 is 9.64 Å². The van der Waals surface area contributed by atoms with Gasteiger partial charge in [0.2, 0.25) is 5.78 Å². The lowest BCUT2D eigenvalue weighted by molar-refractivity contribution is 0.0985. The fourth-order valence-electron chi connectivity index (χ4n) is 2.72. The Morgan fingerprint density at radius 3 is 2.71 bits per heavy atom. The first-order valence-corrected chi connectivity index (χ1v) is 8.71. The second-order valence-corrected chi connectivity index (χ2v) is 6.39. The molecule has 0 radical (unpaired) electrons. The van der Waals surface area contributed by atoms with Gasteiger partial charge in [-0.05, 0) is 42.5 Å². The number of benzene rings is 2. The zero-order valence-electron chi connectivity index (χ0n) is 14.7. The molecule has 0 bridgehead atoms. The molecular weight excluding hydrogens is 383 g/mol. The van der Waals surface area contributed by atoms with E-state index in [0.29, 0.717) is 16.5 Å². The molecule has 2 aromatic heterocycles. The molecule has 8 heteroatoms. The maximum atomic E-state index is 13.5. The molecule has 0 unspecified atom stereocenters. The molecule has 4 rings (SSSR count). The summed E-state index contributed by atoms with van der Waals surface area (Å²) >= 11 is 5.93. The number of carbonyl (C=O) groups is 1. The highest BCUT2D eigenvalue weighted by Gasteiger charge is 2.25. The quantitative estimate of drug-likeness (QED) is 0.506. The van der Waals surface area contributed by atoms with Crippen molar-refractivity contribution in [2.75, 3.05) is 11.9 Å². The van der Waals surface area contributed by atoms with Crippen molar-refractivity contribution in [3.8, 4) is 11.6 Å². The number of imidazole rings is 1. The van der Waals surface area contributed by atoms with Gasteiger partial charge in [0.05, 0.1) is 0 Å². The summed E-state index contributed by atoms with van der Waals surface area (Å²) in [4.78, 5) is 23.1. The van der Waals surface area contributed by atoms with Crippen LogP contribution in [0.1, 0.15) is 10.5 Å². The number of aromatic nitrogens is 3. The van der Waals surface area contributed by atoms with Crippen LogP contribution in [0.4, 0.5) is 10.1 Å². The summed E-state index contributed by atoms with van der Waals surface area (Å²) in [6.45, 7) is 0. The second kappa shape index (κ2) is 7.28. The van der Waals surface area contributed by atoms with Crippen molar-refractivity contribution in [3.63, 3.8) is 0 Å². The van der Waals surface area contributed by atoms with Crippen molar-refractivity contribution in [2.45, 2.75) is 0 Å². The van der Waals surface area contributed by atoms with Gasteiger partial charge in [-0.2, -0.15) is 4.98 Å². The number of halogens is 2. The largest absolute Gasteiger partial charge is 0.437 e. The monoisotopic (exact) mass is 396 g/mol. The van der Waals surface area contributed by atoms with Gasteiger partial charge < -0.3 is 9.64 Å². The lowest BCUT2D eigenvalue weighted by atomic mass is 10.2. The Morgan fingerprint density at radius 2 is 1.96 bits per heavy atom. The molecule has 2 aromatic carbocycles. The summed E-state index contributed by atoms with van der Waals surface area (Å²) in [7, 11) is 1.63. The van der Waals surface area contributed by atoms with Gasteiger partial charge >= 0.3 is 0 Å². The summed E-state index contributed by atoms with van der Waals surface area (Å²) in [5.74, 6) is -0.261. The summed E-state index contributed by atoms with van der Waals surface area (Å²) in [5.41, 5.74) is 0.815. The molecule has 0 N–H and O–H groups in total. The van der Waals surface area contributed by atoms with Crippen LogP contribution in [0.5, 0.6) is 11.6 Å². The van der Waals surface area contributed by atoms with E-state index < -0.39 is 5.82 Å². The molecule has 2 heterocycles. The van der Waals surface area contributed by atoms with Crippen molar-refractivity contribution >= 4 is 29.0 Å². The second-order valence-electron chi connectivity index (χ2n) is 5.96. The molecule has 0 aliphatic carbocycles. The van der Waals surface area contributed by atoms with Crippen molar-refractivity contribution < 1.29 is 13.9 Å². The van der Waals surface area contributed by atoms with Crippen LogP contribution in [0.15, 0.2) is 67.0 Å². The number of hydrogen-bond acceptors (Lipinski definition) is 4. The number of amides is 1. The van der Waals surface area contributed by atoms with Crippen molar-refractivity contribution in [1.29, 1.82) is 0 Å². The van der Waals surface area contributed by atoms with Crippen LogP contribution in [0.2, 0.25) is 5.02 Å². The van der Waals surface area contributed by atoms with Crippen LogP contribution >= 0.6 is 11.6 Å². The minimum Gasteiger partial charge on any atom is -0.437 e. The van der Waals surface area contributed by atoms with E-state index in [-0.39, 0.29) is 23.2 Å². The van der Waals surface area contributed by atoms with Crippen LogP contribution in [0.3, 0.4) is 0 Å². The van der Waals surface area contributed by atoms with Crippen LogP contribution in [-0.4, -0.2) is 27.3 Å². The summed E-state index contributed by atoms with van der Waals surface area (Å²) in [6.07, 6.45) is 3.22. The highest BCUT2D eigenvalue weighted by atomic mass is 35.5. The molecule has 0 atom stereocenters. The predicted octanol–water partition coefficient (Wildman–Crippen LogP) is 4.59. The lowest BCUT2D eigenvalue weighted by Gasteiger charge is -2.17. The zero-order chi connectivity index (χ0) is 19.7. The topological polar surface area (TPSA) is 59.7 Å². The Kier molecular flexibility index (Phi) is 4.67. The molecule has 140 valence electrons. The molecule has 1 amide bonds. The average molecular weight is 397 g/mol. The van der Waals surface area contributed by atoms with Gasteiger partial charge in [0, 0.05) is 36.2 Å². The summed E-state index contributed by atoms with van der Waals surface area (Å²) in [6, 6.07) is 14.1. The van der Waals surface area contributed by atoms with E-state index in [1.807, 2.05) is 0 Å². The minimum atomic E-state index is -0.453. The maximum absolute atomic E-state index is 13.5. The fraction of sp³-hybridized carbons (Fsp3) is 0.0500. The summed E-state index contributed by atoms with van der Waals surface area (Å²) < 4.78 is 20.8. The molecule has 0 spiro atoms. The molecule has 0 saturated carbocycles. The van der Waals surface area contributed by atoms with Gasteiger partial charge in [-0.15, -0.1) is 0 Å². The summed E-state index contributed by atoms with van der Waals surface area (Å²) in [5, 5.41) is 0.568. The molecular formula is C20H14ClFN4O2. The van der Waals surface area contributed by atoms with E-state index in [1.54, 1.807) is 55.8 Å². The number of carbonyl (C=O) groups excluding carboxylic acids is 1. The van der Waals surface area contributed by atoms with Crippen LogP contribution in [0, 0.1) is 5.82 Å². The van der Waals surface area contributed by atoms with E-state index in [2.05, 4.69) is 9.97 Å². The molecule has 6 nitrogen and oxygen atoms in total. The number of nitrogens with zero attached hydrogens (tertiary/aromatic N) is 4. The number of hydrogen-bond donors (Lipinski definition) is 0. The molecule has 0 aliphatic rings. The smallest absolute Gasteiger partial charge is 0.280 e. The number of fused-ring (bicyclic) bond motifs is 1. The fourth-order valence-corrected chi connectivity index (χ4v) is 2.84. The first-order chi connectivity index (χ1) is 13.5. The Balaban J connectivity index is 1.78. The van der Waals surface area contributed by atoms with E-state index in [1.165, 1.54) is 27.5 Å². The van der Waals surface area contributed by atoms with Crippen LogP contribution in [0.25, 0.3) is 5.78 Å². The van der Waals surface area contributed by atoms with E-state index >= 15 is 0 Å². The van der Waals surface area contributed by atoms with Gasteiger partial charge in [-0.1, -0.05) is 17.7 Å². The number of anilines is 1. The van der Waals surface area contributed by atoms with Gasteiger partial charge in [0.15, 0.2) is 5.69 Å². The highest BCUT2D eigenvalue weighted by Crippen LogP contribution is 2.28. The Bertz CT molecular complexity index is 1160. The predicted molar refractivity (Wildman–Crippen MR) is 104 cm³/mol. The molecule has 28 heavy (non-hydrogen) atoms. The SMILES string of the molecule is CN(C(=O)c1c(Oc2cccc(F)c2)nc2ncccn12)c1ccc(Cl)cc1. The molecule has 0 saturated heterocycles. The van der Waals surface area contributed by atoms with Crippen molar-refractivity contribution in [3.05, 3.63) is 83.5 Å². The van der Waals surface area contributed by atoms with Gasteiger partial charge in [0.25, 0.3) is 11.8 Å². The first kappa shape index (κ1) is 17.9. The number of ether oxygens (including phenoxy) is 1. The minimum absolute atomic E-state index is 0.0371. The normalized spacial score (nSPS) is 10.8. The van der Waals surface area contributed by atoms with E-state index in [9.17, 15) is 9.18 Å². The zero-order valence-corrected chi connectivity index (χ0v) is 15.5. The van der Waals surface area contributed by atoms with Gasteiger partial charge in [-0.3, -0.25) is 9.20 Å². The highest BCUT2D eigenvalue weighted by molar-refractivity contribution is 6.30. The van der Waals surface area contributed by atoms with E-state index in [0.717, 1.165) is 0 Å². The van der Waals surface area contributed by atoms with E-state index in [4.69, 9.17) is 16.3 Å². The number of rotatable bonds is 4. The lowest BCUT2D eigenvalue weighted by Crippen LogP contribution is -2.27. The maximum Gasteiger partial charge on any atom is 0.280 e. The third-order valence-electron chi connectivity index (χ3n) is 4.10. The standard InChI is InChI=1S/C20H14ClFN4O2/c1-25(15-8-6-13(21)7-9-15)19(27)17-18(24-20-23-10-3-11-26(17)20)28-16-5-2-4-14(22)12-16/h2-12H,1H3. The third kappa shape index (κ3) is 3.39. The Morgan fingerprint density at radius 1 is 1.18 bits per heavy atom. The third-order valence-corrected chi connectivity index (χ3v) is 4.36. The molecule has 4 aromatic rings. The van der Waals surface area contributed by atoms with Crippen molar-refractivity contribution in [2.24, 2.45) is 0 Å². The van der Waals surface area contributed by atoms with Crippen molar-refractivity contribution in [1.82, 2.24) is 14.4 Å². The first-order valence-electron chi connectivity index (χ1n) is 8.33. The molecule has 0 fully saturated rings. The Labute approximate surface area is 164 Å². The Hall–Kier alpha value is -3.45. The average Bonchev–Trinajstić information content (AvgIpc) is 3.05. The molecule has 0 aliphatic heterocycles. The van der Waals surface area contributed by atoms with Gasteiger partial charge in [-0.25, -0.2) is 9.37 Å². The van der Waals surface area contributed by atoms with Crippen LogP contribution in [-0.2, 0) is 0 Å².